The first-order valence-corrected chi connectivity index (χ1v) is 7.70. The topological polar surface area (TPSA) is 27.7 Å². The molecule has 106 valence electrons. The van der Waals surface area contributed by atoms with Crippen molar-refractivity contribution in [3.8, 4) is 11.5 Å². The summed E-state index contributed by atoms with van der Waals surface area (Å²) in [5.41, 5.74) is 1.07. The van der Waals surface area contributed by atoms with Gasteiger partial charge in [-0.15, -0.1) is 0 Å². The Morgan fingerprint density at radius 1 is 1.42 bits per heavy atom. The summed E-state index contributed by atoms with van der Waals surface area (Å²) in [4.78, 5) is 0. The van der Waals surface area contributed by atoms with Crippen LogP contribution in [0.1, 0.15) is 32.3 Å². The SMILES string of the molecule is COc1cccc(CBr)c1OCC1CCC(C)(C)O1. The Bertz CT molecular complexity index is 409. The van der Waals surface area contributed by atoms with Crippen LogP contribution in [0, 0.1) is 0 Å². The third-order valence-corrected chi connectivity index (χ3v) is 4.00. The van der Waals surface area contributed by atoms with Gasteiger partial charge in [0.1, 0.15) is 6.61 Å². The summed E-state index contributed by atoms with van der Waals surface area (Å²) in [6.07, 6.45) is 2.30. The second-order valence-electron chi connectivity index (χ2n) is 5.43. The van der Waals surface area contributed by atoms with Crippen molar-refractivity contribution in [2.24, 2.45) is 0 Å². The molecule has 19 heavy (non-hydrogen) atoms. The fourth-order valence-corrected chi connectivity index (χ4v) is 2.80. The van der Waals surface area contributed by atoms with Crippen LogP contribution in [-0.4, -0.2) is 25.4 Å². The number of hydrogen-bond donors (Lipinski definition) is 0. The highest BCUT2D eigenvalue weighted by molar-refractivity contribution is 9.08. The second kappa shape index (κ2) is 6.14. The van der Waals surface area contributed by atoms with E-state index >= 15 is 0 Å². The van der Waals surface area contributed by atoms with Gasteiger partial charge in [0.2, 0.25) is 0 Å². The van der Waals surface area contributed by atoms with Crippen molar-refractivity contribution in [2.45, 2.75) is 43.7 Å². The summed E-state index contributed by atoms with van der Waals surface area (Å²) in [6, 6.07) is 5.92. The van der Waals surface area contributed by atoms with Crippen molar-refractivity contribution in [2.75, 3.05) is 13.7 Å². The predicted octanol–water partition coefficient (Wildman–Crippen LogP) is 3.93. The van der Waals surface area contributed by atoms with E-state index in [0.717, 1.165) is 35.2 Å². The van der Waals surface area contributed by atoms with Gasteiger partial charge >= 0.3 is 0 Å². The standard InChI is InChI=1S/C15H21BrO3/c1-15(2)8-7-12(19-15)10-18-14-11(9-16)5-4-6-13(14)17-3/h4-6,12H,7-10H2,1-3H3. The molecule has 1 heterocycles. The summed E-state index contributed by atoms with van der Waals surface area (Å²) >= 11 is 3.48. The molecule has 1 aliphatic rings. The fraction of sp³-hybridized carbons (Fsp3) is 0.600. The molecule has 1 aromatic carbocycles. The molecule has 1 atom stereocenters. The van der Waals surface area contributed by atoms with Crippen LogP contribution in [0.2, 0.25) is 0 Å². The zero-order valence-electron chi connectivity index (χ0n) is 11.7. The van der Waals surface area contributed by atoms with Crippen molar-refractivity contribution in [1.29, 1.82) is 0 Å². The molecule has 0 spiro atoms. The normalized spacial score (nSPS) is 21.4. The number of benzene rings is 1. The molecule has 1 aliphatic heterocycles. The van der Waals surface area contributed by atoms with Gasteiger partial charge in [0.15, 0.2) is 11.5 Å². The maximum atomic E-state index is 5.95. The van der Waals surface area contributed by atoms with Gasteiger partial charge in [0, 0.05) is 10.9 Å². The van der Waals surface area contributed by atoms with Gasteiger partial charge in [-0.25, -0.2) is 0 Å². The van der Waals surface area contributed by atoms with E-state index < -0.39 is 0 Å². The molecule has 0 saturated carbocycles. The molecule has 1 aromatic rings. The van der Waals surface area contributed by atoms with Gasteiger partial charge in [-0.1, -0.05) is 28.1 Å². The average Bonchev–Trinajstić information content (AvgIpc) is 2.75. The van der Waals surface area contributed by atoms with E-state index in [1.807, 2.05) is 18.2 Å². The quantitative estimate of drug-likeness (QED) is 0.766. The predicted molar refractivity (Wildman–Crippen MR) is 79.3 cm³/mol. The molecular formula is C15H21BrO3. The maximum Gasteiger partial charge on any atom is 0.165 e. The lowest BCUT2D eigenvalue weighted by molar-refractivity contribution is -0.0329. The Labute approximate surface area is 123 Å². The number of hydrogen-bond acceptors (Lipinski definition) is 3. The molecular weight excluding hydrogens is 308 g/mol. The summed E-state index contributed by atoms with van der Waals surface area (Å²) in [7, 11) is 1.66. The van der Waals surface area contributed by atoms with E-state index in [-0.39, 0.29) is 11.7 Å². The van der Waals surface area contributed by atoms with Gasteiger partial charge in [-0.05, 0) is 32.8 Å². The van der Waals surface area contributed by atoms with E-state index in [0.29, 0.717) is 6.61 Å². The molecule has 1 fully saturated rings. The lowest BCUT2D eigenvalue weighted by Crippen LogP contribution is -2.24. The Morgan fingerprint density at radius 3 is 2.79 bits per heavy atom. The van der Waals surface area contributed by atoms with Gasteiger partial charge < -0.3 is 14.2 Å². The highest BCUT2D eigenvalue weighted by atomic mass is 79.9. The molecule has 0 aromatic heterocycles. The number of methoxy groups -OCH3 is 1. The van der Waals surface area contributed by atoms with Crippen LogP contribution < -0.4 is 9.47 Å². The van der Waals surface area contributed by atoms with Crippen LogP contribution in [0.3, 0.4) is 0 Å². The molecule has 0 amide bonds. The highest BCUT2D eigenvalue weighted by Crippen LogP contribution is 2.34. The second-order valence-corrected chi connectivity index (χ2v) is 5.99. The van der Waals surface area contributed by atoms with Gasteiger partial charge in [-0.2, -0.15) is 0 Å². The molecule has 1 saturated heterocycles. The van der Waals surface area contributed by atoms with Crippen LogP contribution in [0.25, 0.3) is 0 Å². The minimum atomic E-state index is -0.0208. The molecule has 4 heteroatoms. The first-order chi connectivity index (χ1) is 9.05. The molecule has 0 radical (unpaired) electrons. The maximum absolute atomic E-state index is 5.95. The van der Waals surface area contributed by atoms with E-state index in [9.17, 15) is 0 Å². The average molecular weight is 329 g/mol. The van der Waals surface area contributed by atoms with E-state index in [4.69, 9.17) is 14.2 Å². The Hall–Kier alpha value is -0.740. The van der Waals surface area contributed by atoms with Crippen molar-refractivity contribution >= 4 is 15.9 Å². The summed E-state index contributed by atoms with van der Waals surface area (Å²) in [5, 5.41) is 0.747. The summed E-state index contributed by atoms with van der Waals surface area (Å²) < 4.78 is 17.2. The van der Waals surface area contributed by atoms with Crippen LogP contribution in [-0.2, 0) is 10.1 Å². The molecule has 2 rings (SSSR count). The Morgan fingerprint density at radius 2 is 2.21 bits per heavy atom. The summed E-state index contributed by atoms with van der Waals surface area (Å²) in [6.45, 7) is 4.82. The van der Waals surface area contributed by atoms with Crippen molar-refractivity contribution < 1.29 is 14.2 Å². The van der Waals surface area contributed by atoms with Crippen molar-refractivity contribution in [1.82, 2.24) is 0 Å². The van der Waals surface area contributed by atoms with Crippen LogP contribution in [0.15, 0.2) is 18.2 Å². The first-order valence-electron chi connectivity index (χ1n) is 6.58. The zero-order chi connectivity index (χ0) is 13.9. The highest BCUT2D eigenvalue weighted by Gasteiger charge is 2.32. The Kier molecular flexibility index (Phi) is 4.74. The van der Waals surface area contributed by atoms with E-state index in [1.54, 1.807) is 7.11 Å². The van der Waals surface area contributed by atoms with Gasteiger partial charge in [-0.3, -0.25) is 0 Å². The summed E-state index contributed by atoms with van der Waals surface area (Å²) in [5.74, 6) is 1.59. The number of rotatable bonds is 5. The largest absolute Gasteiger partial charge is 0.493 e. The molecule has 1 unspecified atom stereocenters. The molecule has 0 aliphatic carbocycles. The van der Waals surface area contributed by atoms with Crippen molar-refractivity contribution in [3.05, 3.63) is 23.8 Å². The minimum absolute atomic E-state index is 0.0208. The zero-order valence-corrected chi connectivity index (χ0v) is 13.3. The molecule has 0 N–H and O–H groups in total. The molecule has 0 bridgehead atoms. The lowest BCUT2D eigenvalue weighted by atomic mass is 10.1. The fourth-order valence-electron chi connectivity index (χ4n) is 2.36. The van der Waals surface area contributed by atoms with Gasteiger partial charge in [0.05, 0.1) is 18.8 Å². The molecule has 3 nitrogen and oxygen atoms in total. The van der Waals surface area contributed by atoms with Gasteiger partial charge in [0.25, 0.3) is 0 Å². The smallest absolute Gasteiger partial charge is 0.165 e. The number of alkyl halides is 1. The van der Waals surface area contributed by atoms with Crippen molar-refractivity contribution in [3.63, 3.8) is 0 Å². The van der Waals surface area contributed by atoms with Crippen LogP contribution >= 0.6 is 15.9 Å². The number of ether oxygens (including phenoxy) is 3. The Balaban J connectivity index is 2.03. The van der Waals surface area contributed by atoms with Crippen LogP contribution in [0.4, 0.5) is 0 Å². The lowest BCUT2D eigenvalue weighted by Gasteiger charge is -2.20. The number of halogens is 1. The van der Waals surface area contributed by atoms with E-state index in [1.165, 1.54) is 0 Å². The first kappa shape index (κ1) is 14.7. The number of para-hydroxylation sites is 1. The van der Waals surface area contributed by atoms with Crippen LogP contribution in [0.5, 0.6) is 11.5 Å². The monoisotopic (exact) mass is 328 g/mol. The minimum Gasteiger partial charge on any atom is -0.493 e. The van der Waals surface area contributed by atoms with E-state index in [2.05, 4.69) is 29.8 Å². The third-order valence-electron chi connectivity index (χ3n) is 3.39. The third kappa shape index (κ3) is 3.63.